The van der Waals surface area contributed by atoms with Gasteiger partial charge in [0.1, 0.15) is 18.2 Å². The number of esters is 1. The second kappa shape index (κ2) is 9.64. The van der Waals surface area contributed by atoms with E-state index in [0.29, 0.717) is 30.6 Å². The Labute approximate surface area is 182 Å². The molecule has 0 saturated carbocycles. The summed E-state index contributed by atoms with van der Waals surface area (Å²) < 4.78 is 10.7. The van der Waals surface area contributed by atoms with Crippen molar-refractivity contribution < 1.29 is 23.9 Å². The molecule has 0 unspecified atom stereocenters. The Morgan fingerprint density at radius 1 is 1.03 bits per heavy atom. The first kappa shape index (κ1) is 22.3. The maximum atomic E-state index is 13.2. The molecule has 3 rings (SSSR count). The highest BCUT2D eigenvalue weighted by Crippen LogP contribution is 2.25. The average molecular weight is 424 g/mol. The van der Waals surface area contributed by atoms with Gasteiger partial charge in [-0.3, -0.25) is 10.1 Å². The first-order valence-electron chi connectivity index (χ1n) is 10.3. The van der Waals surface area contributed by atoms with E-state index in [2.05, 4.69) is 5.32 Å². The molecular formula is C24H28N2O5. The zero-order valence-electron chi connectivity index (χ0n) is 18.1. The van der Waals surface area contributed by atoms with Gasteiger partial charge in [0.25, 0.3) is 5.91 Å². The van der Waals surface area contributed by atoms with Crippen molar-refractivity contribution in [3.63, 3.8) is 0 Å². The van der Waals surface area contributed by atoms with Crippen LogP contribution in [0.5, 0.6) is 0 Å². The summed E-state index contributed by atoms with van der Waals surface area (Å²) in [7, 11) is 0. The van der Waals surface area contributed by atoms with Gasteiger partial charge in [-0.15, -0.1) is 0 Å². The van der Waals surface area contributed by atoms with E-state index in [0.717, 1.165) is 5.56 Å². The van der Waals surface area contributed by atoms with Gasteiger partial charge in [-0.05, 0) is 51.3 Å². The fourth-order valence-electron chi connectivity index (χ4n) is 3.43. The van der Waals surface area contributed by atoms with E-state index in [-0.39, 0.29) is 12.5 Å². The lowest BCUT2D eigenvalue weighted by molar-refractivity contribution is -0.149. The lowest BCUT2D eigenvalue weighted by Gasteiger charge is -2.25. The van der Waals surface area contributed by atoms with E-state index in [9.17, 15) is 14.4 Å². The minimum absolute atomic E-state index is 0.162. The van der Waals surface area contributed by atoms with E-state index >= 15 is 0 Å². The summed E-state index contributed by atoms with van der Waals surface area (Å²) in [5, 5.41) is 2.64. The molecule has 2 amide bonds. The summed E-state index contributed by atoms with van der Waals surface area (Å²) in [6.07, 6.45) is 0.604. The molecule has 1 heterocycles. The van der Waals surface area contributed by atoms with Gasteiger partial charge in [0.05, 0.1) is 11.3 Å². The van der Waals surface area contributed by atoms with Gasteiger partial charge in [-0.2, -0.15) is 0 Å². The van der Waals surface area contributed by atoms with Crippen molar-refractivity contribution in [1.29, 1.82) is 0 Å². The summed E-state index contributed by atoms with van der Waals surface area (Å²) in [5.41, 5.74) is 0.866. The Kier molecular flexibility index (Phi) is 6.95. The fraction of sp³-hybridized carbons (Fsp3) is 0.375. The first-order chi connectivity index (χ1) is 14.7. The number of benzene rings is 2. The molecule has 1 aliphatic heterocycles. The van der Waals surface area contributed by atoms with Crippen molar-refractivity contribution in [2.45, 2.75) is 51.9 Å². The van der Waals surface area contributed by atoms with Crippen LogP contribution in [0, 0.1) is 0 Å². The topological polar surface area (TPSA) is 84.9 Å². The lowest BCUT2D eigenvalue weighted by Crippen LogP contribution is -2.41. The van der Waals surface area contributed by atoms with Crippen LogP contribution in [0.25, 0.3) is 0 Å². The van der Waals surface area contributed by atoms with Crippen molar-refractivity contribution in [3.8, 4) is 0 Å². The molecule has 0 aromatic heterocycles. The monoisotopic (exact) mass is 424 g/mol. The van der Waals surface area contributed by atoms with E-state index in [4.69, 9.17) is 9.47 Å². The minimum Gasteiger partial charge on any atom is -0.459 e. The van der Waals surface area contributed by atoms with Gasteiger partial charge in [-0.1, -0.05) is 42.5 Å². The molecule has 7 heteroatoms. The number of amides is 2. The average Bonchev–Trinajstić information content (AvgIpc) is 3.21. The standard InChI is InChI=1S/C24H28N2O5/c1-24(2,3)31-23(29)25-19-13-8-7-12-18(19)21(27)26-15-9-14-20(26)22(28)30-16-17-10-5-4-6-11-17/h4-8,10-13,20H,9,14-16H2,1-3H3,(H,25,29)/t20-/m0/s1. The van der Waals surface area contributed by atoms with Crippen LogP contribution in [0.15, 0.2) is 54.6 Å². The van der Waals surface area contributed by atoms with Gasteiger partial charge in [0.2, 0.25) is 0 Å². The summed E-state index contributed by atoms with van der Waals surface area (Å²) in [6.45, 7) is 5.90. The molecule has 164 valence electrons. The number of hydrogen-bond acceptors (Lipinski definition) is 5. The van der Waals surface area contributed by atoms with Crippen molar-refractivity contribution in [2.75, 3.05) is 11.9 Å². The van der Waals surface area contributed by atoms with Gasteiger partial charge >= 0.3 is 12.1 Å². The minimum atomic E-state index is -0.661. The Morgan fingerprint density at radius 2 is 1.71 bits per heavy atom. The van der Waals surface area contributed by atoms with Crippen LogP contribution in [0.1, 0.15) is 49.5 Å². The van der Waals surface area contributed by atoms with Crippen molar-refractivity contribution >= 4 is 23.7 Å². The fourth-order valence-corrected chi connectivity index (χ4v) is 3.43. The predicted molar refractivity (Wildman–Crippen MR) is 117 cm³/mol. The number of para-hydroxylation sites is 1. The molecular weight excluding hydrogens is 396 g/mol. The molecule has 2 aromatic carbocycles. The van der Waals surface area contributed by atoms with Gasteiger partial charge in [0.15, 0.2) is 0 Å². The van der Waals surface area contributed by atoms with E-state index in [1.165, 1.54) is 4.90 Å². The van der Waals surface area contributed by atoms with Crippen LogP contribution in [0.2, 0.25) is 0 Å². The molecule has 0 radical (unpaired) electrons. The van der Waals surface area contributed by atoms with Crippen LogP contribution >= 0.6 is 0 Å². The first-order valence-corrected chi connectivity index (χ1v) is 10.3. The largest absolute Gasteiger partial charge is 0.459 e. The van der Waals surface area contributed by atoms with Crippen LogP contribution < -0.4 is 5.32 Å². The highest BCUT2D eigenvalue weighted by Gasteiger charge is 2.36. The number of carbonyl (C=O) groups is 3. The highest BCUT2D eigenvalue weighted by atomic mass is 16.6. The van der Waals surface area contributed by atoms with Crippen molar-refractivity contribution in [2.24, 2.45) is 0 Å². The number of rotatable bonds is 5. The number of ether oxygens (including phenoxy) is 2. The molecule has 1 atom stereocenters. The van der Waals surface area contributed by atoms with E-state index in [1.54, 1.807) is 45.0 Å². The third kappa shape index (κ3) is 6.07. The number of hydrogen-bond donors (Lipinski definition) is 1. The summed E-state index contributed by atoms with van der Waals surface area (Å²) in [6, 6.07) is 15.5. The quantitative estimate of drug-likeness (QED) is 0.720. The van der Waals surface area contributed by atoms with Gasteiger partial charge in [0, 0.05) is 6.54 Å². The second-order valence-electron chi connectivity index (χ2n) is 8.42. The van der Waals surface area contributed by atoms with Crippen LogP contribution in [-0.4, -0.2) is 41.1 Å². The molecule has 0 bridgehead atoms. The SMILES string of the molecule is CC(C)(C)OC(=O)Nc1ccccc1C(=O)N1CCC[C@H]1C(=O)OCc1ccccc1. The lowest BCUT2D eigenvalue weighted by atomic mass is 10.1. The van der Waals surface area contributed by atoms with E-state index in [1.807, 2.05) is 30.3 Å². The molecule has 1 saturated heterocycles. The normalized spacial score (nSPS) is 16.0. The van der Waals surface area contributed by atoms with Crippen LogP contribution in [-0.2, 0) is 20.9 Å². The third-order valence-corrected chi connectivity index (χ3v) is 4.80. The van der Waals surface area contributed by atoms with E-state index < -0.39 is 23.7 Å². The number of nitrogens with one attached hydrogen (secondary N) is 1. The number of likely N-dealkylation sites (tertiary alicyclic amines) is 1. The second-order valence-corrected chi connectivity index (χ2v) is 8.42. The summed E-state index contributed by atoms with van der Waals surface area (Å²) >= 11 is 0. The molecule has 7 nitrogen and oxygen atoms in total. The molecule has 2 aromatic rings. The molecule has 1 fully saturated rings. The predicted octanol–water partition coefficient (Wildman–Crippen LogP) is 4.38. The summed E-state index contributed by atoms with van der Waals surface area (Å²) in [4.78, 5) is 39.6. The Bertz CT molecular complexity index is 936. The maximum Gasteiger partial charge on any atom is 0.412 e. The zero-order valence-corrected chi connectivity index (χ0v) is 18.1. The highest BCUT2D eigenvalue weighted by molar-refractivity contribution is 6.04. The third-order valence-electron chi connectivity index (χ3n) is 4.80. The van der Waals surface area contributed by atoms with Gasteiger partial charge in [-0.25, -0.2) is 9.59 Å². The Balaban J connectivity index is 1.70. The smallest absolute Gasteiger partial charge is 0.412 e. The van der Waals surface area contributed by atoms with Crippen molar-refractivity contribution in [1.82, 2.24) is 4.90 Å². The number of carbonyl (C=O) groups excluding carboxylic acids is 3. The molecule has 1 N–H and O–H groups in total. The summed E-state index contributed by atoms with van der Waals surface area (Å²) in [5.74, 6) is -0.752. The maximum absolute atomic E-state index is 13.2. The van der Waals surface area contributed by atoms with Crippen LogP contribution in [0.3, 0.4) is 0 Å². The number of anilines is 1. The molecule has 31 heavy (non-hydrogen) atoms. The Hall–Kier alpha value is -3.35. The molecule has 1 aliphatic rings. The van der Waals surface area contributed by atoms with Gasteiger partial charge < -0.3 is 14.4 Å². The molecule has 0 spiro atoms. The molecule has 0 aliphatic carbocycles. The van der Waals surface area contributed by atoms with Crippen LogP contribution in [0.4, 0.5) is 10.5 Å². The number of nitrogens with zero attached hydrogens (tertiary/aromatic N) is 1. The Morgan fingerprint density at radius 3 is 2.42 bits per heavy atom. The van der Waals surface area contributed by atoms with Crippen molar-refractivity contribution in [3.05, 3.63) is 65.7 Å². The zero-order chi connectivity index (χ0) is 22.4.